The number of aromatic nitrogens is 1. The molecule has 2 aliphatic rings. The largest absolute Gasteiger partial charge is 0.501 e. The molecule has 2 saturated heterocycles. The van der Waals surface area contributed by atoms with Crippen LogP contribution in [0.3, 0.4) is 0 Å². The molecule has 12 heteroatoms. The lowest BCUT2D eigenvalue weighted by molar-refractivity contribution is -0.119. The number of nitrogens with zero attached hydrogens (tertiary/aromatic N) is 4. The first-order valence-electron chi connectivity index (χ1n) is 12.2. The van der Waals surface area contributed by atoms with Gasteiger partial charge >= 0.3 is 11.5 Å². The molecule has 200 valence electrons. The second-order valence-corrected chi connectivity index (χ2v) is 11.4. The van der Waals surface area contributed by atoms with Crippen molar-refractivity contribution in [2.45, 2.75) is 49.2 Å². The van der Waals surface area contributed by atoms with E-state index in [-0.39, 0.29) is 12.2 Å². The van der Waals surface area contributed by atoms with Crippen molar-refractivity contribution in [2.24, 2.45) is 0 Å². The Labute approximate surface area is 217 Å². The molecule has 0 aliphatic carbocycles. The molecule has 38 heavy (non-hydrogen) atoms. The molecule has 0 radical (unpaired) electrons. The second-order valence-electron chi connectivity index (χ2n) is 9.42. The Bertz CT molecular complexity index is 1500. The molecule has 0 spiro atoms. The fourth-order valence-corrected chi connectivity index (χ4v) is 5.69. The van der Waals surface area contributed by atoms with E-state index in [1.807, 2.05) is 18.2 Å². The van der Waals surface area contributed by atoms with E-state index in [2.05, 4.69) is 9.88 Å². The molecule has 2 fully saturated rings. The molecule has 3 heterocycles. The van der Waals surface area contributed by atoms with E-state index in [1.165, 1.54) is 11.3 Å². The van der Waals surface area contributed by atoms with Gasteiger partial charge < -0.3 is 9.80 Å². The number of piperidine rings is 1. The maximum Gasteiger partial charge on any atom is 0.501 e. The number of benzene rings is 2. The first-order valence-corrected chi connectivity index (χ1v) is 13.7. The van der Waals surface area contributed by atoms with Crippen molar-refractivity contribution in [3.63, 3.8) is 0 Å². The van der Waals surface area contributed by atoms with Gasteiger partial charge in [0, 0.05) is 36.9 Å². The van der Waals surface area contributed by atoms with Crippen molar-refractivity contribution in [1.29, 1.82) is 0 Å². The van der Waals surface area contributed by atoms with Crippen molar-refractivity contribution in [3.05, 3.63) is 60.3 Å². The Morgan fingerprint density at radius 3 is 2.26 bits per heavy atom. The predicted molar refractivity (Wildman–Crippen MR) is 135 cm³/mol. The number of alkyl halides is 3. The van der Waals surface area contributed by atoms with Crippen LogP contribution in [0.1, 0.15) is 31.7 Å². The fourth-order valence-electron chi connectivity index (χ4n) is 4.92. The van der Waals surface area contributed by atoms with Crippen molar-refractivity contribution >= 4 is 44.1 Å². The van der Waals surface area contributed by atoms with Gasteiger partial charge in [-0.1, -0.05) is 6.07 Å². The van der Waals surface area contributed by atoms with Crippen LogP contribution < -0.4 is 9.80 Å². The minimum Gasteiger partial charge on any atom is -0.371 e. The standard InChI is InChI=1S/C26H25F3N4O4S/c1-17-24(34)33(19-5-8-21(9-6-19)38(36,37)26(27,28)29)25(35)32(17)16-18-11-12-30-23-15-20(7-10-22(18)23)31-13-3-2-4-14-31/h5-12,15,17H,2-4,13-14,16H2,1H3. The second kappa shape index (κ2) is 9.57. The van der Waals surface area contributed by atoms with Crippen LogP contribution in [0.5, 0.6) is 0 Å². The molecule has 0 N–H and O–H groups in total. The zero-order valence-corrected chi connectivity index (χ0v) is 21.3. The van der Waals surface area contributed by atoms with Gasteiger partial charge in [0.15, 0.2) is 0 Å². The van der Waals surface area contributed by atoms with E-state index < -0.39 is 38.2 Å². The normalized spacial score (nSPS) is 19.1. The lowest BCUT2D eigenvalue weighted by atomic mass is 10.1. The fraction of sp³-hybridized carbons (Fsp3) is 0.346. The van der Waals surface area contributed by atoms with E-state index in [1.54, 1.807) is 19.2 Å². The molecule has 0 bridgehead atoms. The highest BCUT2D eigenvalue weighted by Gasteiger charge is 2.47. The Hall–Kier alpha value is -3.67. The Kier molecular flexibility index (Phi) is 6.54. The third-order valence-corrected chi connectivity index (χ3v) is 8.57. The van der Waals surface area contributed by atoms with Gasteiger partial charge in [-0.15, -0.1) is 0 Å². The minimum absolute atomic E-state index is 0.0127. The number of halogens is 3. The van der Waals surface area contributed by atoms with Crippen molar-refractivity contribution in [3.8, 4) is 0 Å². The molecular formula is C26H25F3N4O4S. The number of anilines is 2. The van der Waals surface area contributed by atoms with Gasteiger partial charge in [0.05, 0.1) is 16.1 Å². The summed E-state index contributed by atoms with van der Waals surface area (Å²) in [7, 11) is -5.55. The van der Waals surface area contributed by atoms with Crippen molar-refractivity contribution in [2.75, 3.05) is 22.9 Å². The summed E-state index contributed by atoms with van der Waals surface area (Å²) in [6.45, 7) is 3.67. The van der Waals surface area contributed by atoms with Gasteiger partial charge in [0.2, 0.25) is 0 Å². The molecule has 5 rings (SSSR count). The van der Waals surface area contributed by atoms with Gasteiger partial charge in [-0.05, 0) is 74.2 Å². The van der Waals surface area contributed by atoms with Crippen molar-refractivity contribution in [1.82, 2.24) is 9.88 Å². The molecule has 1 atom stereocenters. The van der Waals surface area contributed by atoms with E-state index in [0.29, 0.717) is 0 Å². The zero-order chi connectivity index (χ0) is 27.2. The monoisotopic (exact) mass is 546 g/mol. The molecule has 3 aromatic rings. The Morgan fingerprint density at radius 2 is 1.61 bits per heavy atom. The molecule has 1 aromatic heterocycles. The quantitative estimate of drug-likeness (QED) is 0.424. The van der Waals surface area contributed by atoms with E-state index in [9.17, 15) is 31.2 Å². The Morgan fingerprint density at radius 1 is 0.947 bits per heavy atom. The van der Waals surface area contributed by atoms with Crippen LogP contribution in [0.4, 0.5) is 29.3 Å². The van der Waals surface area contributed by atoms with Crippen LogP contribution in [-0.2, 0) is 21.2 Å². The third kappa shape index (κ3) is 4.46. The van der Waals surface area contributed by atoms with Crippen LogP contribution in [-0.4, -0.2) is 54.9 Å². The van der Waals surface area contributed by atoms with Gasteiger partial charge in [-0.25, -0.2) is 18.1 Å². The maximum atomic E-state index is 13.3. The predicted octanol–water partition coefficient (Wildman–Crippen LogP) is 4.88. The molecule has 8 nitrogen and oxygen atoms in total. The first-order chi connectivity index (χ1) is 18.0. The number of carbonyl (C=O) groups is 2. The molecule has 0 saturated carbocycles. The summed E-state index contributed by atoms with van der Waals surface area (Å²) in [4.78, 5) is 34.3. The minimum atomic E-state index is -5.55. The van der Waals surface area contributed by atoms with E-state index in [0.717, 1.165) is 77.3 Å². The first kappa shape index (κ1) is 26.0. The molecule has 2 aliphatic heterocycles. The summed E-state index contributed by atoms with van der Waals surface area (Å²) in [6, 6.07) is 9.84. The summed E-state index contributed by atoms with van der Waals surface area (Å²) < 4.78 is 61.9. The number of rotatable bonds is 5. The summed E-state index contributed by atoms with van der Waals surface area (Å²) in [5, 5.41) is 0.848. The van der Waals surface area contributed by atoms with Gasteiger partial charge in [0.1, 0.15) is 6.04 Å². The van der Waals surface area contributed by atoms with Crippen LogP contribution >= 0.6 is 0 Å². The summed E-state index contributed by atoms with van der Waals surface area (Å²) in [5.74, 6) is -0.563. The summed E-state index contributed by atoms with van der Waals surface area (Å²) >= 11 is 0. The smallest absolute Gasteiger partial charge is 0.371 e. The van der Waals surface area contributed by atoms with Gasteiger partial charge in [-0.3, -0.25) is 9.78 Å². The zero-order valence-electron chi connectivity index (χ0n) is 20.5. The number of fused-ring (bicyclic) bond motifs is 1. The number of hydrogen-bond acceptors (Lipinski definition) is 6. The number of amides is 3. The topological polar surface area (TPSA) is 90.9 Å². The average molecular weight is 547 g/mol. The van der Waals surface area contributed by atoms with Crippen LogP contribution in [0.15, 0.2) is 59.6 Å². The molecule has 1 unspecified atom stereocenters. The third-order valence-electron chi connectivity index (χ3n) is 7.07. The van der Waals surface area contributed by atoms with Gasteiger partial charge in [0.25, 0.3) is 15.7 Å². The van der Waals surface area contributed by atoms with E-state index in [4.69, 9.17) is 0 Å². The van der Waals surface area contributed by atoms with Gasteiger partial charge in [-0.2, -0.15) is 13.2 Å². The number of hydrogen-bond donors (Lipinski definition) is 0. The van der Waals surface area contributed by atoms with E-state index >= 15 is 0 Å². The maximum absolute atomic E-state index is 13.3. The highest BCUT2D eigenvalue weighted by molar-refractivity contribution is 7.92. The number of sulfone groups is 1. The number of urea groups is 1. The van der Waals surface area contributed by atoms with Crippen LogP contribution in [0, 0.1) is 0 Å². The molecular weight excluding hydrogens is 521 g/mol. The number of pyridine rings is 1. The lowest BCUT2D eigenvalue weighted by Crippen LogP contribution is -2.33. The summed E-state index contributed by atoms with van der Waals surface area (Å²) in [6.07, 6.45) is 5.17. The summed E-state index contributed by atoms with van der Waals surface area (Å²) in [5.41, 5.74) is -2.82. The lowest BCUT2D eigenvalue weighted by Gasteiger charge is -2.29. The van der Waals surface area contributed by atoms with Crippen LogP contribution in [0.25, 0.3) is 10.9 Å². The molecule has 3 amide bonds. The highest BCUT2D eigenvalue weighted by Crippen LogP contribution is 2.33. The highest BCUT2D eigenvalue weighted by atomic mass is 32.2. The number of carbonyl (C=O) groups excluding carboxylic acids is 2. The van der Waals surface area contributed by atoms with Crippen molar-refractivity contribution < 1.29 is 31.2 Å². The average Bonchev–Trinajstić information content (AvgIpc) is 3.11. The SMILES string of the molecule is CC1C(=O)N(c2ccc(S(=O)(=O)C(F)(F)F)cc2)C(=O)N1Cc1ccnc2cc(N3CCCCC3)ccc12. The number of imide groups is 1. The Balaban J connectivity index is 1.39. The molecule has 2 aromatic carbocycles. The van der Waals surface area contributed by atoms with Crippen LogP contribution in [0.2, 0.25) is 0 Å².